The number of hydroxylamine groups is 2. The molecule has 0 spiro atoms. The standard InChI is InChI=1S/C10H18NO2/c1-10(2,3)9(12)11(4)13-7-8-5-6-8/h7-8H,5-6H2,1-4H3. The summed E-state index contributed by atoms with van der Waals surface area (Å²) in [6.45, 7) is 7.40. The van der Waals surface area contributed by atoms with Gasteiger partial charge in [-0.3, -0.25) is 9.63 Å². The van der Waals surface area contributed by atoms with Gasteiger partial charge in [0.25, 0.3) is 5.91 Å². The molecule has 0 N–H and O–H groups in total. The van der Waals surface area contributed by atoms with Crippen molar-refractivity contribution in [2.24, 2.45) is 11.3 Å². The summed E-state index contributed by atoms with van der Waals surface area (Å²) in [6, 6.07) is 0. The van der Waals surface area contributed by atoms with E-state index in [0.29, 0.717) is 5.92 Å². The highest BCUT2D eigenvalue weighted by Crippen LogP contribution is 2.32. The molecule has 1 fully saturated rings. The maximum absolute atomic E-state index is 11.6. The summed E-state index contributed by atoms with van der Waals surface area (Å²) in [6.07, 6.45) is 2.38. The summed E-state index contributed by atoms with van der Waals surface area (Å²) < 4.78 is 0. The van der Waals surface area contributed by atoms with Crippen LogP contribution in [0.2, 0.25) is 0 Å². The summed E-state index contributed by atoms with van der Waals surface area (Å²) in [7, 11) is 1.66. The van der Waals surface area contributed by atoms with Gasteiger partial charge < -0.3 is 0 Å². The zero-order valence-corrected chi connectivity index (χ0v) is 8.83. The molecule has 1 radical (unpaired) electrons. The van der Waals surface area contributed by atoms with Crippen LogP contribution < -0.4 is 0 Å². The second kappa shape index (κ2) is 3.66. The maximum Gasteiger partial charge on any atom is 0.251 e. The highest BCUT2D eigenvalue weighted by Gasteiger charge is 2.28. The molecular weight excluding hydrogens is 166 g/mol. The summed E-state index contributed by atoms with van der Waals surface area (Å²) in [5.74, 6) is 0.569. The molecule has 0 unspecified atom stereocenters. The molecule has 0 aliphatic heterocycles. The molecule has 0 aromatic carbocycles. The van der Waals surface area contributed by atoms with Crippen molar-refractivity contribution in [3.63, 3.8) is 0 Å². The molecule has 1 rings (SSSR count). The Bertz CT molecular complexity index is 192. The second-order valence-electron chi connectivity index (χ2n) is 4.63. The monoisotopic (exact) mass is 184 g/mol. The molecule has 1 saturated carbocycles. The maximum atomic E-state index is 11.6. The third-order valence-corrected chi connectivity index (χ3v) is 1.96. The molecule has 1 aliphatic carbocycles. The van der Waals surface area contributed by atoms with Crippen LogP contribution in [0.25, 0.3) is 0 Å². The number of carbonyl (C=O) groups is 1. The molecule has 1 amide bonds. The van der Waals surface area contributed by atoms with Gasteiger partial charge in [0.1, 0.15) is 6.61 Å². The van der Waals surface area contributed by atoms with E-state index in [1.807, 2.05) is 20.8 Å². The number of rotatable bonds is 3. The quantitative estimate of drug-likeness (QED) is 0.628. The lowest BCUT2D eigenvalue weighted by Crippen LogP contribution is -2.36. The lowest BCUT2D eigenvalue weighted by atomic mass is 9.96. The van der Waals surface area contributed by atoms with Crippen molar-refractivity contribution in [3.05, 3.63) is 6.61 Å². The van der Waals surface area contributed by atoms with E-state index in [-0.39, 0.29) is 11.3 Å². The Balaban J connectivity index is 2.28. The highest BCUT2D eigenvalue weighted by atomic mass is 16.7. The van der Waals surface area contributed by atoms with E-state index < -0.39 is 0 Å². The third-order valence-electron chi connectivity index (χ3n) is 1.96. The minimum absolute atomic E-state index is 0.00407. The fraction of sp³-hybridized carbons (Fsp3) is 0.800. The van der Waals surface area contributed by atoms with Gasteiger partial charge in [-0.2, -0.15) is 0 Å². The molecule has 0 aromatic rings. The second-order valence-corrected chi connectivity index (χ2v) is 4.63. The van der Waals surface area contributed by atoms with Crippen LogP contribution in [-0.4, -0.2) is 18.0 Å². The van der Waals surface area contributed by atoms with E-state index in [0.717, 1.165) is 0 Å². The van der Waals surface area contributed by atoms with E-state index >= 15 is 0 Å². The van der Waals surface area contributed by atoms with Crippen molar-refractivity contribution in [1.29, 1.82) is 0 Å². The van der Waals surface area contributed by atoms with Crippen molar-refractivity contribution in [2.45, 2.75) is 33.6 Å². The molecule has 0 bridgehead atoms. The van der Waals surface area contributed by atoms with Crippen molar-refractivity contribution in [1.82, 2.24) is 5.06 Å². The topological polar surface area (TPSA) is 29.5 Å². The number of carbonyl (C=O) groups excluding carboxylic acids is 1. The summed E-state index contributed by atoms with van der Waals surface area (Å²) in [5.41, 5.74) is -0.369. The Kier molecular flexibility index (Phi) is 2.96. The van der Waals surface area contributed by atoms with Gasteiger partial charge in [-0.1, -0.05) is 20.8 Å². The molecule has 13 heavy (non-hydrogen) atoms. The predicted octanol–water partition coefficient (Wildman–Crippen LogP) is 1.99. The Morgan fingerprint density at radius 1 is 1.46 bits per heavy atom. The zero-order valence-electron chi connectivity index (χ0n) is 8.83. The van der Waals surface area contributed by atoms with Crippen LogP contribution in [-0.2, 0) is 9.63 Å². The van der Waals surface area contributed by atoms with Crippen LogP contribution in [0.5, 0.6) is 0 Å². The summed E-state index contributed by atoms with van der Waals surface area (Å²) in [4.78, 5) is 16.8. The lowest BCUT2D eigenvalue weighted by molar-refractivity contribution is -0.177. The van der Waals surface area contributed by atoms with Crippen molar-refractivity contribution in [3.8, 4) is 0 Å². The Hall–Kier alpha value is -0.570. The van der Waals surface area contributed by atoms with Crippen LogP contribution >= 0.6 is 0 Å². The number of hydrogen-bond donors (Lipinski definition) is 0. The highest BCUT2D eigenvalue weighted by molar-refractivity contribution is 5.80. The largest absolute Gasteiger partial charge is 0.272 e. The molecule has 3 nitrogen and oxygen atoms in total. The minimum Gasteiger partial charge on any atom is -0.272 e. The average Bonchev–Trinajstić information content (AvgIpc) is 2.80. The Morgan fingerprint density at radius 2 is 2.00 bits per heavy atom. The van der Waals surface area contributed by atoms with Crippen LogP contribution in [0.15, 0.2) is 0 Å². The molecule has 3 heteroatoms. The van der Waals surface area contributed by atoms with Gasteiger partial charge in [0.15, 0.2) is 0 Å². The SMILES string of the molecule is CN(O[CH]C1CC1)C(=O)C(C)(C)C. The molecule has 0 saturated heterocycles. The first kappa shape index (κ1) is 10.5. The molecule has 75 valence electrons. The number of nitrogens with zero attached hydrogens (tertiary/aromatic N) is 1. The normalized spacial score (nSPS) is 17.2. The average molecular weight is 184 g/mol. The fourth-order valence-electron chi connectivity index (χ4n) is 0.930. The number of hydrogen-bond acceptors (Lipinski definition) is 2. The van der Waals surface area contributed by atoms with Gasteiger partial charge in [-0.15, -0.1) is 0 Å². The smallest absolute Gasteiger partial charge is 0.251 e. The van der Waals surface area contributed by atoms with E-state index in [2.05, 4.69) is 0 Å². The zero-order chi connectivity index (χ0) is 10.1. The van der Waals surface area contributed by atoms with E-state index in [1.165, 1.54) is 17.9 Å². The van der Waals surface area contributed by atoms with E-state index in [4.69, 9.17) is 4.84 Å². The first-order valence-electron chi connectivity index (χ1n) is 4.69. The van der Waals surface area contributed by atoms with Gasteiger partial charge in [0.2, 0.25) is 0 Å². The van der Waals surface area contributed by atoms with Crippen molar-refractivity contribution >= 4 is 5.91 Å². The number of amides is 1. The molecule has 0 heterocycles. The third kappa shape index (κ3) is 3.35. The van der Waals surface area contributed by atoms with Gasteiger partial charge in [-0.05, 0) is 18.8 Å². The van der Waals surface area contributed by atoms with Crippen LogP contribution in [0.3, 0.4) is 0 Å². The first-order valence-corrected chi connectivity index (χ1v) is 4.69. The van der Waals surface area contributed by atoms with Crippen LogP contribution in [0, 0.1) is 17.9 Å². The first-order chi connectivity index (χ1) is 5.91. The van der Waals surface area contributed by atoms with Gasteiger partial charge in [0.05, 0.1) is 0 Å². The summed E-state index contributed by atoms with van der Waals surface area (Å²) >= 11 is 0. The van der Waals surface area contributed by atoms with Crippen LogP contribution in [0.4, 0.5) is 0 Å². The predicted molar refractivity (Wildman–Crippen MR) is 50.3 cm³/mol. The van der Waals surface area contributed by atoms with E-state index in [1.54, 1.807) is 13.7 Å². The van der Waals surface area contributed by atoms with Crippen LogP contribution in [0.1, 0.15) is 33.6 Å². The lowest BCUT2D eigenvalue weighted by Gasteiger charge is -2.24. The molecule has 0 atom stereocenters. The van der Waals surface area contributed by atoms with Gasteiger partial charge in [0, 0.05) is 12.5 Å². The Morgan fingerprint density at radius 3 is 2.38 bits per heavy atom. The van der Waals surface area contributed by atoms with Gasteiger partial charge in [-0.25, -0.2) is 5.06 Å². The molecule has 1 aliphatic rings. The minimum atomic E-state index is -0.369. The molecular formula is C10H18NO2. The molecule has 0 aromatic heterocycles. The van der Waals surface area contributed by atoms with Crippen molar-refractivity contribution < 1.29 is 9.63 Å². The van der Waals surface area contributed by atoms with Gasteiger partial charge >= 0.3 is 0 Å². The van der Waals surface area contributed by atoms with Crippen molar-refractivity contribution in [2.75, 3.05) is 7.05 Å². The Labute approximate surface area is 80.0 Å². The summed E-state index contributed by atoms with van der Waals surface area (Å²) in [5, 5.41) is 1.32. The van der Waals surface area contributed by atoms with E-state index in [9.17, 15) is 4.79 Å². The fourth-order valence-corrected chi connectivity index (χ4v) is 0.930.